The Bertz CT molecular complexity index is 873. The lowest BCUT2D eigenvalue weighted by molar-refractivity contribution is 0.581. The Hall–Kier alpha value is -2.38. The zero-order chi connectivity index (χ0) is 14.9. The molecular formula is C14H14N4O2S. The van der Waals surface area contributed by atoms with E-state index in [-0.39, 0.29) is 11.4 Å². The molecule has 3 rings (SSSR count). The summed E-state index contributed by atoms with van der Waals surface area (Å²) in [4.78, 5) is 6.91. The number of nitrogen functional groups attached to an aromatic ring is 1. The molecule has 0 fully saturated rings. The predicted octanol–water partition coefficient (Wildman–Crippen LogP) is 1.62. The maximum atomic E-state index is 12.5. The molecule has 0 aliphatic carbocycles. The molecule has 0 spiro atoms. The van der Waals surface area contributed by atoms with Crippen molar-refractivity contribution in [2.75, 3.05) is 5.73 Å². The van der Waals surface area contributed by atoms with Gasteiger partial charge < -0.3 is 10.7 Å². The number of anilines is 1. The van der Waals surface area contributed by atoms with Crippen molar-refractivity contribution in [3.63, 3.8) is 0 Å². The van der Waals surface area contributed by atoms with Crippen molar-refractivity contribution in [2.45, 2.75) is 11.4 Å². The first kappa shape index (κ1) is 13.6. The number of nitrogens with one attached hydrogen (secondary N) is 2. The maximum Gasteiger partial charge on any atom is 0.241 e. The van der Waals surface area contributed by atoms with E-state index in [4.69, 9.17) is 5.73 Å². The van der Waals surface area contributed by atoms with Crippen LogP contribution in [0.15, 0.2) is 53.8 Å². The molecule has 4 N–H and O–H groups in total. The first-order valence-electron chi connectivity index (χ1n) is 6.32. The van der Waals surface area contributed by atoms with Crippen LogP contribution in [0.1, 0.15) is 5.69 Å². The van der Waals surface area contributed by atoms with Gasteiger partial charge in [-0.15, -0.1) is 0 Å². The monoisotopic (exact) mass is 302 g/mol. The minimum atomic E-state index is -3.63. The number of hydrogen-bond donors (Lipinski definition) is 3. The van der Waals surface area contributed by atoms with Gasteiger partial charge in [0.05, 0.1) is 17.8 Å². The van der Waals surface area contributed by atoms with Crippen molar-refractivity contribution in [3.8, 4) is 0 Å². The van der Waals surface area contributed by atoms with Crippen molar-refractivity contribution < 1.29 is 8.42 Å². The molecule has 1 aromatic heterocycles. The number of H-pyrrole nitrogens is 1. The van der Waals surface area contributed by atoms with Gasteiger partial charge in [0.2, 0.25) is 10.0 Å². The number of nitrogens with zero attached hydrogens (tertiary/aromatic N) is 1. The van der Waals surface area contributed by atoms with Crippen molar-refractivity contribution in [1.82, 2.24) is 14.7 Å². The number of imidazole rings is 1. The molecule has 3 aromatic rings. The average molecular weight is 302 g/mol. The molecule has 0 atom stereocenters. The van der Waals surface area contributed by atoms with Crippen LogP contribution >= 0.6 is 0 Å². The number of benzene rings is 2. The van der Waals surface area contributed by atoms with E-state index in [1.807, 2.05) is 6.07 Å². The largest absolute Gasteiger partial charge is 0.398 e. The second-order valence-corrected chi connectivity index (χ2v) is 6.34. The fraction of sp³-hybridized carbons (Fsp3) is 0.0714. The summed E-state index contributed by atoms with van der Waals surface area (Å²) in [7, 11) is -3.63. The molecular weight excluding hydrogens is 288 g/mol. The van der Waals surface area contributed by atoms with E-state index in [2.05, 4.69) is 14.7 Å². The summed E-state index contributed by atoms with van der Waals surface area (Å²) in [6.07, 6.45) is 3.08. The van der Waals surface area contributed by atoms with Gasteiger partial charge in [0.1, 0.15) is 0 Å². The van der Waals surface area contributed by atoms with Crippen LogP contribution in [-0.4, -0.2) is 18.4 Å². The Morgan fingerprint density at radius 1 is 1.14 bits per heavy atom. The highest BCUT2D eigenvalue weighted by atomic mass is 32.2. The summed E-state index contributed by atoms with van der Waals surface area (Å²) in [5.74, 6) is 0. The molecule has 7 heteroatoms. The first-order valence-corrected chi connectivity index (χ1v) is 7.80. The number of sulfonamides is 1. The number of aromatic nitrogens is 2. The molecule has 21 heavy (non-hydrogen) atoms. The Labute approximate surface area is 122 Å². The molecule has 0 saturated carbocycles. The van der Waals surface area contributed by atoms with Gasteiger partial charge in [-0.05, 0) is 12.1 Å². The summed E-state index contributed by atoms with van der Waals surface area (Å²) in [6.45, 7) is 0.154. The molecule has 0 aliphatic rings. The second-order valence-electron chi connectivity index (χ2n) is 4.60. The highest BCUT2D eigenvalue weighted by Gasteiger charge is 2.18. The summed E-state index contributed by atoms with van der Waals surface area (Å²) in [5.41, 5.74) is 7.14. The molecule has 0 unspecified atom stereocenters. The van der Waals surface area contributed by atoms with E-state index >= 15 is 0 Å². The second kappa shape index (κ2) is 5.19. The normalized spacial score (nSPS) is 11.8. The van der Waals surface area contributed by atoms with E-state index < -0.39 is 10.0 Å². The lowest BCUT2D eigenvalue weighted by Gasteiger charge is -2.10. The fourth-order valence-electron chi connectivity index (χ4n) is 2.16. The van der Waals surface area contributed by atoms with Gasteiger partial charge in [-0.3, -0.25) is 0 Å². The van der Waals surface area contributed by atoms with Gasteiger partial charge in [-0.2, -0.15) is 0 Å². The molecule has 0 saturated heterocycles. The minimum absolute atomic E-state index is 0.154. The molecule has 0 bridgehead atoms. The van der Waals surface area contributed by atoms with E-state index in [0.717, 1.165) is 5.39 Å². The Morgan fingerprint density at radius 2 is 1.90 bits per heavy atom. The number of rotatable bonds is 4. The van der Waals surface area contributed by atoms with Gasteiger partial charge in [0.15, 0.2) is 0 Å². The third-order valence-electron chi connectivity index (χ3n) is 3.21. The highest BCUT2D eigenvalue weighted by molar-refractivity contribution is 7.89. The third-order valence-corrected chi connectivity index (χ3v) is 4.67. The highest BCUT2D eigenvalue weighted by Crippen LogP contribution is 2.27. The number of aromatic amines is 1. The minimum Gasteiger partial charge on any atom is -0.398 e. The van der Waals surface area contributed by atoms with E-state index in [1.165, 1.54) is 12.4 Å². The van der Waals surface area contributed by atoms with Crippen LogP contribution in [0.4, 0.5) is 5.69 Å². The van der Waals surface area contributed by atoms with E-state index in [1.54, 1.807) is 30.5 Å². The number of hydrogen-bond acceptors (Lipinski definition) is 4. The quantitative estimate of drug-likeness (QED) is 0.637. The Balaban J connectivity index is 2.01. The first-order chi connectivity index (χ1) is 10.1. The zero-order valence-corrected chi connectivity index (χ0v) is 11.9. The van der Waals surface area contributed by atoms with Gasteiger partial charge in [0.25, 0.3) is 0 Å². The lowest BCUT2D eigenvalue weighted by atomic mass is 10.1. The van der Waals surface area contributed by atoms with Crippen LogP contribution < -0.4 is 10.5 Å². The van der Waals surface area contributed by atoms with Crippen LogP contribution in [0, 0.1) is 0 Å². The van der Waals surface area contributed by atoms with Gasteiger partial charge >= 0.3 is 0 Å². The Kier molecular flexibility index (Phi) is 3.36. The predicted molar refractivity (Wildman–Crippen MR) is 81.0 cm³/mol. The SMILES string of the molecule is Nc1ccc(S(=O)(=O)NCc2cnc[nH]2)c2ccccc12. The van der Waals surface area contributed by atoms with Crippen LogP contribution in [0.2, 0.25) is 0 Å². The molecule has 2 aromatic carbocycles. The van der Waals surface area contributed by atoms with Crippen LogP contribution in [0.3, 0.4) is 0 Å². The molecule has 0 aliphatic heterocycles. The van der Waals surface area contributed by atoms with Crippen molar-refractivity contribution in [3.05, 3.63) is 54.6 Å². The average Bonchev–Trinajstić information content (AvgIpc) is 2.99. The van der Waals surface area contributed by atoms with Crippen LogP contribution in [0.5, 0.6) is 0 Å². The summed E-state index contributed by atoms with van der Waals surface area (Å²) >= 11 is 0. The number of nitrogens with two attached hydrogens (primary N) is 1. The van der Waals surface area contributed by atoms with E-state index in [9.17, 15) is 8.42 Å². The van der Waals surface area contributed by atoms with Crippen molar-refractivity contribution in [1.29, 1.82) is 0 Å². The zero-order valence-electron chi connectivity index (χ0n) is 11.1. The molecule has 6 nitrogen and oxygen atoms in total. The van der Waals surface area contributed by atoms with Crippen LogP contribution in [0.25, 0.3) is 10.8 Å². The molecule has 0 radical (unpaired) electrons. The molecule has 1 heterocycles. The fourth-order valence-corrected chi connectivity index (χ4v) is 3.38. The van der Waals surface area contributed by atoms with Gasteiger partial charge in [-0.1, -0.05) is 24.3 Å². The molecule has 0 amide bonds. The summed E-state index contributed by atoms with van der Waals surface area (Å²) < 4.78 is 27.5. The maximum absolute atomic E-state index is 12.5. The lowest BCUT2D eigenvalue weighted by Crippen LogP contribution is -2.23. The topological polar surface area (TPSA) is 101 Å². The van der Waals surface area contributed by atoms with Crippen molar-refractivity contribution in [2.24, 2.45) is 0 Å². The van der Waals surface area contributed by atoms with Gasteiger partial charge in [-0.25, -0.2) is 18.1 Å². The molecule has 108 valence electrons. The third kappa shape index (κ3) is 2.61. The van der Waals surface area contributed by atoms with E-state index in [0.29, 0.717) is 16.8 Å². The summed E-state index contributed by atoms with van der Waals surface area (Å²) in [6, 6.07) is 10.3. The smallest absolute Gasteiger partial charge is 0.241 e. The van der Waals surface area contributed by atoms with Gasteiger partial charge in [0, 0.05) is 28.4 Å². The standard InChI is InChI=1S/C14H14N4O2S/c15-13-5-6-14(12-4-2-1-3-11(12)13)21(19,20)18-8-10-7-16-9-17-10/h1-7,9,18H,8,15H2,(H,16,17). The van der Waals surface area contributed by atoms with Crippen molar-refractivity contribution >= 4 is 26.5 Å². The van der Waals surface area contributed by atoms with Crippen LogP contribution in [-0.2, 0) is 16.6 Å². The summed E-state index contributed by atoms with van der Waals surface area (Å²) in [5, 5.41) is 1.33. The Morgan fingerprint density at radius 3 is 2.62 bits per heavy atom. The number of fused-ring (bicyclic) bond motifs is 1.